The number of halogens is 1. The van der Waals surface area contributed by atoms with E-state index in [2.05, 4.69) is 4.98 Å². The summed E-state index contributed by atoms with van der Waals surface area (Å²) in [5.74, 6) is -0.321. The third-order valence-electron chi connectivity index (χ3n) is 3.15. The minimum atomic E-state index is -3.54. The number of nitrogens with zero attached hydrogens (tertiary/aromatic N) is 2. The van der Waals surface area contributed by atoms with Crippen LogP contribution in [0.25, 0.3) is 0 Å². The van der Waals surface area contributed by atoms with Crippen LogP contribution in [0.15, 0.2) is 24.5 Å². The smallest absolute Gasteiger partial charge is 0.232 e. The highest BCUT2D eigenvalue weighted by atomic mass is 35.7. The highest BCUT2D eigenvalue weighted by Crippen LogP contribution is 2.21. The lowest BCUT2D eigenvalue weighted by Crippen LogP contribution is -2.28. The van der Waals surface area contributed by atoms with Crippen molar-refractivity contribution in [3.05, 3.63) is 30.1 Å². The largest absolute Gasteiger partial charge is 0.342 e. The molecule has 1 aliphatic rings. The summed E-state index contributed by atoms with van der Waals surface area (Å²) in [5, 5.41) is 0. The number of rotatable bonds is 5. The molecular formula is C12H15ClN2O3S. The molecule has 1 unspecified atom stereocenters. The number of aromatic nitrogens is 1. The van der Waals surface area contributed by atoms with Crippen LogP contribution in [0.5, 0.6) is 0 Å². The van der Waals surface area contributed by atoms with Crippen molar-refractivity contribution in [3.8, 4) is 0 Å². The third-order valence-corrected chi connectivity index (χ3v) is 4.40. The Hall–Kier alpha value is -1.14. The molecule has 0 radical (unpaired) electrons. The van der Waals surface area contributed by atoms with Crippen molar-refractivity contribution in [2.75, 3.05) is 18.8 Å². The number of carbonyl (C=O) groups excluding carboxylic acids is 1. The molecule has 0 aromatic carbocycles. The molecule has 1 aromatic rings. The molecule has 104 valence electrons. The molecule has 0 spiro atoms. The molecule has 1 amide bonds. The van der Waals surface area contributed by atoms with Gasteiger partial charge >= 0.3 is 0 Å². The molecule has 1 aliphatic heterocycles. The summed E-state index contributed by atoms with van der Waals surface area (Å²) < 4.78 is 22.0. The molecular weight excluding hydrogens is 288 g/mol. The van der Waals surface area contributed by atoms with Gasteiger partial charge in [-0.05, 0) is 24.1 Å². The molecule has 2 rings (SSSR count). The Balaban J connectivity index is 1.87. The minimum absolute atomic E-state index is 0.000581. The van der Waals surface area contributed by atoms with Crippen molar-refractivity contribution in [1.82, 2.24) is 9.88 Å². The highest BCUT2D eigenvalue weighted by Gasteiger charge is 2.31. The van der Waals surface area contributed by atoms with Gasteiger partial charge in [0.1, 0.15) is 0 Å². The summed E-state index contributed by atoms with van der Waals surface area (Å²) in [5.41, 5.74) is 1.11. The molecule has 1 atom stereocenters. The fourth-order valence-corrected chi connectivity index (χ4v) is 3.60. The maximum atomic E-state index is 11.8. The second-order valence-corrected chi connectivity index (χ2v) is 7.54. The molecule has 19 heavy (non-hydrogen) atoms. The van der Waals surface area contributed by atoms with Gasteiger partial charge in [0.25, 0.3) is 0 Å². The monoisotopic (exact) mass is 302 g/mol. The van der Waals surface area contributed by atoms with Gasteiger partial charge in [-0.3, -0.25) is 9.78 Å². The SMILES string of the molecule is O=C1CC(CS(=O)(=O)Cl)CN1CCc1ccncc1. The van der Waals surface area contributed by atoms with Gasteiger partial charge in [-0.25, -0.2) is 8.42 Å². The van der Waals surface area contributed by atoms with Gasteiger partial charge in [0, 0.05) is 48.5 Å². The fraction of sp³-hybridized carbons (Fsp3) is 0.500. The van der Waals surface area contributed by atoms with Gasteiger partial charge in [0.05, 0.1) is 5.75 Å². The summed E-state index contributed by atoms with van der Waals surface area (Å²) in [6, 6.07) is 3.81. The van der Waals surface area contributed by atoms with Crippen molar-refractivity contribution in [2.45, 2.75) is 12.8 Å². The van der Waals surface area contributed by atoms with Crippen molar-refractivity contribution in [2.24, 2.45) is 5.92 Å². The predicted molar refractivity (Wildman–Crippen MR) is 72.3 cm³/mol. The number of carbonyl (C=O) groups is 1. The number of likely N-dealkylation sites (tertiary alicyclic amines) is 1. The maximum Gasteiger partial charge on any atom is 0.232 e. The van der Waals surface area contributed by atoms with Crippen LogP contribution in [-0.4, -0.2) is 43.1 Å². The first-order chi connectivity index (χ1) is 8.94. The quantitative estimate of drug-likeness (QED) is 0.762. The Kier molecular flexibility index (Phi) is 4.42. The molecule has 1 saturated heterocycles. The maximum absolute atomic E-state index is 11.8. The molecule has 5 nitrogen and oxygen atoms in total. The van der Waals surface area contributed by atoms with Crippen LogP contribution < -0.4 is 0 Å². The van der Waals surface area contributed by atoms with Crippen LogP contribution in [0, 0.1) is 5.92 Å². The van der Waals surface area contributed by atoms with Crippen LogP contribution in [0.1, 0.15) is 12.0 Å². The number of hydrogen-bond donors (Lipinski definition) is 0. The first kappa shape index (κ1) is 14.3. The normalized spacial score (nSPS) is 19.9. The van der Waals surface area contributed by atoms with Crippen LogP contribution in [0.4, 0.5) is 0 Å². The Morgan fingerprint density at radius 1 is 1.37 bits per heavy atom. The summed E-state index contributed by atoms with van der Waals surface area (Å²) in [7, 11) is 1.68. The van der Waals surface area contributed by atoms with Crippen LogP contribution in [0.2, 0.25) is 0 Å². The second-order valence-electron chi connectivity index (χ2n) is 4.72. The second kappa shape index (κ2) is 5.88. The molecule has 0 aliphatic carbocycles. The standard InChI is InChI=1S/C12H15ClN2O3S/c13-19(17,18)9-11-7-12(16)15(8-11)6-3-10-1-4-14-5-2-10/h1-2,4-5,11H,3,6-9H2. The molecule has 0 bridgehead atoms. The lowest BCUT2D eigenvalue weighted by atomic mass is 10.1. The Morgan fingerprint density at radius 3 is 2.68 bits per heavy atom. The van der Waals surface area contributed by atoms with Gasteiger partial charge in [0.15, 0.2) is 0 Å². The zero-order valence-electron chi connectivity index (χ0n) is 10.3. The summed E-state index contributed by atoms with van der Waals surface area (Å²) in [4.78, 5) is 17.4. The fourth-order valence-electron chi connectivity index (χ4n) is 2.28. The lowest BCUT2D eigenvalue weighted by molar-refractivity contribution is -0.127. The first-order valence-corrected chi connectivity index (χ1v) is 8.51. The molecule has 0 saturated carbocycles. The summed E-state index contributed by atoms with van der Waals surface area (Å²) in [6.07, 6.45) is 4.44. The van der Waals surface area contributed by atoms with Crippen molar-refractivity contribution < 1.29 is 13.2 Å². The molecule has 7 heteroatoms. The summed E-state index contributed by atoms with van der Waals surface area (Å²) in [6.45, 7) is 1.07. The van der Waals surface area contributed by atoms with E-state index in [-0.39, 0.29) is 24.0 Å². The van der Waals surface area contributed by atoms with E-state index >= 15 is 0 Å². The Labute approximate surface area is 117 Å². The van der Waals surface area contributed by atoms with Crippen molar-refractivity contribution in [3.63, 3.8) is 0 Å². The van der Waals surface area contributed by atoms with E-state index in [9.17, 15) is 13.2 Å². The highest BCUT2D eigenvalue weighted by molar-refractivity contribution is 8.13. The molecule has 2 heterocycles. The van der Waals surface area contributed by atoms with Crippen LogP contribution in [-0.2, 0) is 20.3 Å². The molecule has 0 N–H and O–H groups in total. The van der Waals surface area contributed by atoms with Crippen molar-refractivity contribution in [1.29, 1.82) is 0 Å². The Bertz CT molecular complexity index is 547. The molecule has 1 fully saturated rings. The number of hydrogen-bond acceptors (Lipinski definition) is 4. The van der Waals surface area contributed by atoms with Gasteiger partial charge in [-0.1, -0.05) is 0 Å². The van der Waals surface area contributed by atoms with Crippen molar-refractivity contribution >= 4 is 25.6 Å². The average molecular weight is 303 g/mol. The van der Waals surface area contributed by atoms with E-state index in [1.165, 1.54) is 0 Å². The van der Waals surface area contributed by atoms with Gasteiger partial charge in [0.2, 0.25) is 15.0 Å². The molecule has 1 aromatic heterocycles. The zero-order chi connectivity index (χ0) is 13.9. The minimum Gasteiger partial charge on any atom is -0.342 e. The van der Waals surface area contributed by atoms with E-state index in [1.54, 1.807) is 17.3 Å². The number of pyridine rings is 1. The van der Waals surface area contributed by atoms with E-state index in [0.717, 1.165) is 12.0 Å². The van der Waals surface area contributed by atoms with Crippen LogP contribution >= 0.6 is 10.7 Å². The topological polar surface area (TPSA) is 67.3 Å². The van der Waals surface area contributed by atoms with E-state index in [4.69, 9.17) is 10.7 Å². The van der Waals surface area contributed by atoms with E-state index < -0.39 is 9.05 Å². The third kappa shape index (κ3) is 4.47. The zero-order valence-corrected chi connectivity index (χ0v) is 11.9. The van der Waals surface area contributed by atoms with E-state index in [0.29, 0.717) is 13.1 Å². The first-order valence-electron chi connectivity index (χ1n) is 6.03. The Morgan fingerprint density at radius 2 is 2.05 bits per heavy atom. The van der Waals surface area contributed by atoms with Gasteiger partial charge in [-0.15, -0.1) is 0 Å². The average Bonchev–Trinajstić information content (AvgIpc) is 2.66. The number of amides is 1. The predicted octanol–water partition coefficient (Wildman–Crippen LogP) is 1.04. The van der Waals surface area contributed by atoms with Gasteiger partial charge in [-0.2, -0.15) is 0 Å². The van der Waals surface area contributed by atoms with E-state index in [1.807, 2.05) is 12.1 Å². The van der Waals surface area contributed by atoms with Gasteiger partial charge < -0.3 is 4.90 Å². The lowest BCUT2D eigenvalue weighted by Gasteiger charge is -2.16. The summed E-state index contributed by atoms with van der Waals surface area (Å²) >= 11 is 0. The van der Waals surface area contributed by atoms with Crippen LogP contribution in [0.3, 0.4) is 0 Å².